The summed E-state index contributed by atoms with van der Waals surface area (Å²) in [6, 6.07) is 0. The van der Waals surface area contributed by atoms with Crippen LogP contribution in [-0.4, -0.2) is 42.4 Å². The van der Waals surface area contributed by atoms with Crippen LogP contribution in [0.2, 0.25) is 0 Å². The Hall–Kier alpha value is -3.49. The maximum absolute atomic E-state index is 12.9. The van der Waals surface area contributed by atoms with E-state index in [1.165, 1.54) is 7.11 Å². The van der Waals surface area contributed by atoms with Gasteiger partial charge in [0, 0.05) is 5.56 Å². The number of methoxy groups -OCH3 is 1. The normalized spacial score (nSPS) is 23.6. The molecule has 6 rings (SSSR count). The topological polar surface area (TPSA) is 99.8 Å². The molecule has 8 heteroatoms. The number of carbonyl (C=O) groups is 2. The molecule has 0 N–H and O–H groups in total. The van der Waals surface area contributed by atoms with E-state index in [4.69, 9.17) is 25.0 Å². The number of fused-ring (bicyclic) bond motifs is 7. The minimum atomic E-state index is -0.437. The van der Waals surface area contributed by atoms with Crippen LogP contribution in [0.1, 0.15) is 81.2 Å². The number of hydrogen-bond acceptors (Lipinski definition) is 3. The van der Waals surface area contributed by atoms with E-state index in [0.29, 0.717) is 30.2 Å². The predicted molar refractivity (Wildman–Crippen MR) is 157 cm³/mol. The zero-order valence-electron chi connectivity index (χ0n) is 23.6. The van der Waals surface area contributed by atoms with Crippen LogP contribution in [0.4, 0.5) is 0 Å². The molecule has 0 radical (unpaired) electrons. The van der Waals surface area contributed by atoms with Crippen LogP contribution in [0.5, 0.6) is 0 Å². The molecular weight excluding hydrogens is 513 g/mol. The van der Waals surface area contributed by atoms with Gasteiger partial charge in [0.2, 0.25) is 0 Å². The number of esters is 1. The maximum Gasteiger partial charge on any atom is 2.00 e. The maximum atomic E-state index is 12.9. The molecule has 0 spiro atoms. The fraction of sp³-hybridized carbons (Fsp3) is 0.312. The van der Waals surface area contributed by atoms with E-state index < -0.39 is 5.92 Å². The van der Waals surface area contributed by atoms with Gasteiger partial charge in [0.15, 0.2) is 0 Å². The Bertz CT molecular complexity index is 1760. The first-order chi connectivity index (χ1) is 18.8. The van der Waals surface area contributed by atoms with E-state index >= 15 is 0 Å². The molecule has 1 fully saturated rings. The Morgan fingerprint density at radius 1 is 1.02 bits per heavy atom. The molecule has 3 aromatic rings. The molecule has 0 saturated carbocycles. The van der Waals surface area contributed by atoms with Gasteiger partial charge < -0.3 is 25.0 Å². The van der Waals surface area contributed by atoms with Crippen LogP contribution in [0.3, 0.4) is 0 Å². The fourth-order valence-electron chi connectivity index (χ4n) is 6.21. The molecule has 5 heterocycles. The second-order valence-corrected chi connectivity index (χ2v) is 10.5. The second-order valence-electron chi connectivity index (χ2n) is 10.5. The fourth-order valence-corrected chi connectivity index (χ4v) is 6.21. The van der Waals surface area contributed by atoms with Crippen molar-refractivity contribution in [1.82, 2.24) is 15.0 Å². The molecule has 8 bridgehead atoms. The van der Waals surface area contributed by atoms with Crippen LogP contribution in [0.25, 0.3) is 35.2 Å². The minimum Gasteiger partial charge on any atom is -0.664 e. The van der Waals surface area contributed by atoms with Crippen LogP contribution in [0.15, 0.2) is 18.0 Å². The van der Waals surface area contributed by atoms with E-state index in [1.807, 2.05) is 39.0 Å². The van der Waals surface area contributed by atoms with Crippen LogP contribution < -0.4 is 25.7 Å². The number of carbonyl (C=O) groups excluding carboxylic acids is 2. The van der Waals surface area contributed by atoms with E-state index in [0.717, 1.165) is 79.2 Å². The molecule has 200 valence electrons. The summed E-state index contributed by atoms with van der Waals surface area (Å²) < 4.78 is 5.20. The van der Waals surface area contributed by atoms with Gasteiger partial charge in [0.1, 0.15) is 6.29 Å². The van der Waals surface area contributed by atoms with E-state index in [-0.39, 0.29) is 34.9 Å². The molecule has 40 heavy (non-hydrogen) atoms. The van der Waals surface area contributed by atoms with Gasteiger partial charge in [-0.1, -0.05) is 72.6 Å². The molecule has 0 unspecified atom stereocenters. The summed E-state index contributed by atoms with van der Waals surface area (Å²) in [4.78, 5) is 40.1. The van der Waals surface area contributed by atoms with Crippen molar-refractivity contribution >= 4 is 65.2 Å². The SMILES string of the molecule is C=Cc1c2[n-]c(c1C)/C=C1\[N-]/C(=C3\c4[n-]c(c(C)c4C[C@@H]3C(=O)OC)/C=c3\[n-]/c(c(C=O)c3CC)=C\2)C[C@@H]1C.[Mg+2]. The van der Waals surface area contributed by atoms with Crippen LogP contribution >= 0.6 is 0 Å². The Morgan fingerprint density at radius 2 is 1.75 bits per heavy atom. The zero-order valence-corrected chi connectivity index (χ0v) is 25.0. The molecule has 0 amide bonds. The van der Waals surface area contributed by atoms with Gasteiger partial charge in [0.25, 0.3) is 0 Å². The summed E-state index contributed by atoms with van der Waals surface area (Å²) in [6.45, 7) is 12.2. The number of aromatic nitrogens is 3. The van der Waals surface area contributed by atoms with Crippen molar-refractivity contribution in [2.45, 2.75) is 47.0 Å². The summed E-state index contributed by atoms with van der Waals surface area (Å²) in [7, 11) is 1.43. The Morgan fingerprint density at radius 3 is 2.42 bits per heavy atom. The first kappa shape index (κ1) is 28.0. The third-order valence-electron chi connectivity index (χ3n) is 8.40. The van der Waals surface area contributed by atoms with Gasteiger partial charge in [-0.3, -0.25) is 9.59 Å². The summed E-state index contributed by atoms with van der Waals surface area (Å²) in [5, 5.41) is 6.37. The standard InChI is InChI=1S/C32H31N4O3.Mg/c1-7-18-16(4)24-11-23-15(3)9-29(33-23)30-21(32(38)39-6)10-20-17(5)25(36-31(20)30)12-27-19(8-2)22(14-37)28(35-27)13-26(18)34-24;/h7,11-15,21H,1,8-10H2,2-6H3,(H-,33,36,37);/q-3;+2/p-1/b23-11-,28-13-;/t15-,21-;/m0./s1. The number of allylic oxidation sites excluding steroid dienone is 2. The van der Waals surface area contributed by atoms with Gasteiger partial charge >= 0.3 is 29.0 Å². The number of aldehydes is 1. The average Bonchev–Trinajstić information content (AvgIpc) is 3.69. The summed E-state index contributed by atoms with van der Waals surface area (Å²) >= 11 is 0. The Labute approximate surface area is 249 Å². The quantitative estimate of drug-likeness (QED) is 0.285. The van der Waals surface area contributed by atoms with Crippen molar-refractivity contribution in [3.05, 3.63) is 90.1 Å². The molecule has 2 aliphatic heterocycles. The molecule has 0 aromatic carbocycles. The van der Waals surface area contributed by atoms with Gasteiger partial charge in [-0.2, -0.15) is 11.4 Å². The summed E-state index contributed by atoms with van der Waals surface area (Å²) in [5.41, 5.74) is 11.2. The van der Waals surface area contributed by atoms with Crippen molar-refractivity contribution < 1.29 is 14.3 Å². The molecule has 3 aromatic heterocycles. The third-order valence-corrected chi connectivity index (χ3v) is 8.40. The second kappa shape index (κ2) is 10.5. The Balaban J connectivity index is 0.00000323. The van der Waals surface area contributed by atoms with Crippen molar-refractivity contribution in [1.29, 1.82) is 0 Å². The molecule has 7 nitrogen and oxygen atoms in total. The first-order valence-electron chi connectivity index (χ1n) is 13.3. The van der Waals surface area contributed by atoms with Gasteiger partial charge in [-0.15, -0.1) is 33.5 Å². The van der Waals surface area contributed by atoms with Gasteiger partial charge in [-0.05, 0) is 44.6 Å². The zero-order chi connectivity index (χ0) is 27.6. The summed E-state index contributed by atoms with van der Waals surface area (Å²) in [5.74, 6) is -0.560. The Kier molecular flexibility index (Phi) is 7.35. The first-order valence-corrected chi connectivity index (χ1v) is 13.3. The van der Waals surface area contributed by atoms with Crippen LogP contribution in [-0.2, 0) is 22.4 Å². The van der Waals surface area contributed by atoms with Gasteiger partial charge in [0.05, 0.1) is 13.0 Å². The predicted octanol–water partition coefficient (Wildman–Crippen LogP) is 3.29. The average molecular weight is 543 g/mol. The number of ether oxygens (including phenoxy) is 1. The molecule has 1 aliphatic carbocycles. The van der Waals surface area contributed by atoms with Crippen molar-refractivity contribution in [2.75, 3.05) is 7.11 Å². The monoisotopic (exact) mass is 542 g/mol. The minimum absolute atomic E-state index is 0. The number of nitrogens with zero attached hydrogens (tertiary/aromatic N) is 4. The number of hydrogen-bond donors (Lipinski definition) is 0. The molecule has 1 saturated heterocycles. The van der Waals surface area contributed by atoms with Crippen molar-refractivity contribution in [2.24, 2.45) is 11.8 Å². The summed E-state index contributed by atoms with van der Waals surface area (Å²) in [6.07, 6.45) is 10.4. The van der Waals surface area contributed by atoms with Crippen molar-refractivity contribution in [3.8, 4) is 0 Å². The largest absolute Gasteiger partial charge is 2.00 e. The molecule has 3 aliphatic rings. The number of rotatable bonds is 4. The van der Waals surface area contributed by atoms with Crippen LogP contribution in [0, 0.1) is 25.7 Å². The van der Waals surface area contributed by atoms with E-state index in [2.05, 4.69) is 13.5 Å². The van der Waals surface area contributed by atoms with E-state index in [1.54, 1.807) is 6.08 Å². The van der Waals surface area contributed by atoms with E-state index in [9.17, 15) is 9.59 Å². The smallest absolute Gasteiger partial charge is 0.664 e. The third kappa shape index (κ3) is 4.16. The molecular formula is C32H30MgN4O3-2. The molecule has 2 atom stereocenters. The van der Waals surface area contributed by atoms with Crippen molar-refractivity contribution in [3.63, 3.8) is 0 Å². The van der Waals surface area contributed by atoms with Gasteiger partial charge in [-0.25, -0.2) is 0 Å².